The van der Waals surface area contributed by atoms with Crippen molar-refractivity contribution in [3.05, 3.63) is 0 Å². The van der Waals surface area contributed by atoms with Crippen molar-refractivity contribution in [1.29, 1.82) is 0 Å². The molecule has 0 saturated carbocycles. The molecule has 0 atom stereocenters. The average molecular weight is 272 g/mol. The van der Waals surface area contributed by atoms with E-state index < -0.39 is 11.0 Å². The molecular weight excluding hydrogens is 248 g/mol. The Labute approximate surface area is 114 Å². The van der Waals surface area contributed by atoms with Gasteiger partial charge < -0.3 is 20.1 Å². The third-order valence-corrected chi connectivity index (χ3v) is 3.38. The normalized spacial score (nSPS) is 18.9. The Morgan fingerprint density at radius 1 is 1.32 bits per heavy atom. The molecule has 0 aromatic heterocycles. The topological polar surface area (TPSA) is 78.9 Å². The van der Waals surface area contributed by atoms with E-state index in [1.807, 2.05) is 20.8 Å². The molecule has 1 aliphatic heterocycles. The minimum atomic E-state index is -0.771. The molecule has 0 aromatic rings. The molecule has 0 unspecified atom stereocenters. The summed E-state index contributed by atoms with van der Waals surface area (Å²) in [5.74, 6) is -0.168. The summed E-state index contributed by atoms with van der Waals surface area (Å²) in [5.41, 5.74) is -1.29. The molecule has 19 heavy (non-hydrogen) atoms. The third kappa shape index (κ3) is 3.83. The molecule has 110 valence electrons. The van der Waals surface area contributed by atoms with Crippen LogP contribution in [0.4, 0.5) is 4.79 Å². The van der Waals surface area contributed by atoms with Gasteiger partial charge in [-0.05, 0) is 33.6 Å². The Bertz CT molecular complexity index is 341. The van der Waals surface area contributed by atoms with Gasteiger partial charge in [0, 0.05) is 20.1 Å². The van der Waals surface area contributed by atoms with Crippen LogP contribution in [0.2, 0.25) is 0 Å². The monoisotopic (exact) mass is 272 g/mol. The number of likely N-dealkylation sites (tertiary alicyclic amines) is 1. The van der Waals surface area contributed by atoms with Gasteiger partial charge in [0.15, 0.2) is 0 Å². The van der Waals surface area contributed by atoms with Gasteiger partial charge in [-0.15, -0.1) is 0 Å². The number of aliphatic hydroxyl groups is 1. The van der Waals surface area contributed by atoms with Gasteiger partial charge >= 0.3 is 6.09 Å². The van der Waals surface area contributed by atoms with E-state index in [1.54, 1.807) is 11.9 Å². The SMILES string of the molecule is CNC(=O)C1(CO)CCN(C(=O)OC(C)(C)C)CC1. The average Bonchev–Trinajstić information content (AvgIpc) is 2.35. The van der Waals surface area contributed by atoms with Crippen LogP contribution in [0.3, 0.4) is 0 Å². The molecule has 0 spiro atoms. The fourth-order valence-electron chi connectivity index (χ4n) is 2.17. The van der Waals surface area contributed by atoms with Crippen molar-refractivity contribution in [2.75, 3.05) is 26.7 Å². The summed E-state index contributed by atoms with van der Waals surface area (Å²) in [7, 11) is 1.56. The minimum Gasteiger partial charge on any atom is -0.444 e. The zero-order chi connectivity index (χ0) is 14.7. The number of hydrogen-bond donors (Lipinski definition) is 2. The van der Waals surface area contributed by atoms with E-state index in [0.29, 0.717) is 25.9 Å². The van der Waals surface area contributed by atoms with Crippen LogP contribution < -0.4 is 5.32 Å². The first-order valence-corrected chi connectivity index (χ1v) is 6.55. The highest BCUT2D eigenvalue weighted by atomic mass is 16.6. The first kappa shape index (κ1) is 15.8. The van der Waals surface area contributed by atoms with E-state index in [1.165, 1.54) is 0 Å². The molecule has 0 radical (unpaired) electrons. The maximum atomic E-state index is 11.9. The third-order valence-electron chi connectivity index (χ3n) is 3.38. The van der Waals surface area contributed by atoms with Gasteiger partial charge in [0.05, 0.1) is 12.0 Å². The lowest BCUT2D eigenvalue weighted by Gasteiger charge is -2.39. The molecular formula is C13H24N2O4. The zero-order valence-electron chi connectivity index (χ0n) is 12.2. The summed E-state index contributed by atoms with van der Waals surface area (Å²) in [5, 5.41) is 12.0. The van der Waals surface area contributed by atoms with Crippen LogP contribution in [0.5, 0.6) is 0 Å². The van der Waals surface area contributed by atoms with Crippen LogP contribution in [0.1, 0.15) is 33.6 Å². The molecule has 6 heteroatoms. The van der Waals surface area contributed by atoms with Crippen molar-refractivity contribution in [2.24, 2.45) is 5.41 Å². The number of nitrogens with zero attached hydrogens (tertiary/aromatic N) is 1. The molecule has 1 saturated heterocycles. The lowest BCUT2D eigenvalue weighted by atomic mass is 9.78. The number of piperidine rings is 1. The van der Waals surface area contributed by atoms with Crippen LogP contribution in [-0.2, 0) is 9.53 Å². The molecule has 1 fully saturated rings. The molecule has 2 N–H and O–H groups in total. The van der Waals surface area contributed by atoms with Crippen molar-refractivity contribution in [2.45, 2.75) is 39.2 Å². The lowest BCUT2D eigenvalue weighted by Crippen LogP contribution is -2.52. The second-order valence-electron chi connectivity index (χ2n) is 5.98. The fourth-order valence-corrected chi connectivity index (χ4v) is 2.17. The number of ether oxygens (including phenoxy) is 1. The van der Waals surface area contributed by atoms with Crippen molar-refractivity contribution in [1.82, 2.24) is 10.2 Å². The van der Waals surface area contributed by atoms with Gasteiger partial charge in [-0.1, -0.05) is 0 Å². The van der Waals surface area contributed by atoms with Gasteiger partial charge in [-0.2, -0.15) is 0 Å². The van der Waals surface area contributed by atoms with Crippen LogP contribution in [-0.4, -0.2) is 54.4 Å². The maximum Gasteiger partial charge on any atom is 0.410 e. The molecule has 1 rings (SSSR count). The summed E-state index contributed by atoms with van der Waals surface area (Å²) >= 11 is 0. The second-order valence-corrected chi connectivity index (χ2v) is 5.98. The van der Waals surface area contributed by atoms with E-state index in [-0.39, 0.29) is 18.6 Å². The number of carbonyl (C=O) groups excluding carboxylic acids is 2. The number of rotatable bonds is 2. The number of carbonyl (C=O) groups is 2. The quantitative estimate of drug-likeness (QED) is 0.777. The molecule has 1 aliphatic rings. The molecule has 1 heterocycles. The van der Waals surface area contributed by atoms with Crippen LogP contribution >= 0.6 is 0 Å². The van der Waals surface area contributed by atoms with E-state index >= 15 is 0 Å². The predicted octanol–water partition coefficient (Wildman–Crippen LogP) is 0.742. The molecule has 0 aliphatic carbocycles. The Kier molecular flexibility index (Phi) is 4.79. The summed E-state index contributed by atoms with van der Waals surface area (Å²) < 4.78 is 5.29. The standard InChI is InChI=1S/C13H24N2O4/c1-12(2,3)19-11(18)15-7-5-13(9-16,6-8-15)10(17)14-4/h16H,5-9H2,1-4H3,(H,14,17). The highest BCUT2D eigenvalue weighted by molar-refractivity contribution is 5.83. The second kappa shape index (κ2) is 5.77. The van der Waals surface area contributed by atoms with Crippen molar-refractivity contribution < 1.29 is 19.4 Å². The lowest BCUT2D eigenvalue weighted by molar-refractivity contribution is -0.136. The fraction of sp³-hybridized carbons (Fsp3) is 0.846. The Hall–Kier alpha value is -1.30. The summed E-state index contributed by atoms with van der Waals surface area (Å²) in [6.07, 6.45) is 0.529. The Morgan fingerprint density at radius 3 is 2.21 bits per heavy atom. The highest BCUT2D eigenvalue weighted by Gasteiger charge is 2.41. The number of hydrogen-bond acceptors (Lipinski definition) is 4. The summed E-state index contributed by atoms with van der Waals surface area (Å²) in [6.45, 7) is 6.09. The van der Waals surface area contributed by atoms with Gasteiger partial charge in [-0.3, -0.25) is 4.79 Å². The number of amides is 2. The number of nitrogens with one attached hydrogen (secondary N) is 1. The largest absolute Gasteiger partial charge is 0.444 e. The Balaban J connectivity index is 2.61. The summed E-state index contributed by atoms with van der Waals surface area (Å²) in [6, 6.07) is 0. The first-order chi connectivity index (χ1) is 8.74. The van der Waals surface area contributed by atoms with Crippen LogP contribution in [0, 0.1) is 5.41 Å². The predicted molar refractivity (Wildman–Crippen MR) is 70.6 cm³/mol. The zero-order valence-corrected chi connectivity index (χ0v) is 12.2. The van der Waals surface area contributed by atoms with Gasteiger partial charge in [0.25, 0.3) is 0 Å². The molecule has 2 amide bonds. The Morgan fingerprint density at radius 2 is 1.84 bits per heavy atom. The van der Waals surface area contributed by atoms with Gasteiger partial charge in [0.1, 0.15) is 5.60 Å². The number of aliphatic hydroxyl groups excluding tert-OH is 1. The van der Waals surface area contributed by atoms with Crippen LogP contribution in [0.15, 0.2) is 0 Å². The summed E-state index contributed by atoms with van der Waals surface area (Å²) in [4.78, 5) is 25.3. The molecule has 0 aromatic carbocycles. The van der Waals surface area contributed by atoms with E-state index in [4.69, 9.17) is 4.74 Å². The highest BCUT2D eigenvalue weighted by Crippen LogP contribution is 2.31. The van der Waals surface area contributed by atoms with Gasteiger partial charge in [-0.25, -0.2) is 4.79 Å². The molecule has 0 bridgehead atoms. The van der Waals surface area contributed by atoms with E-state index in [0.717, 1.165) is 0 Å². The maximum absolute atomic E-state index is 11.9. The minimum absolute atomic E-state index is 0.168. The van der Waals surface area contributed by atoms with Crippen molar-refractivity contribution in [3.63, 3.8) is 0 Å². The van der Waals surface area contributed by atoms with Crippen molar-refractivity contribution >= 4 is 12.0 Å². The van der Waals surface area contributed by atoms with Gasteiger partial charge in [0.2, 0.25) is 5.91 Å². The smallest absolute Gasteiger partial charge is 0.410 e. The van der Waals surface area contributed by atoms with E-state index in [9.17, 15) is 14.7 Å². The van der Waals surface area contributed by atoms with Crippen LogP contribution in [0.25, 0.3) is 0 Å². The first-order valence-electron chi connectivity index (χ1n) is 6.55. The van der Waals surface area contributed by atoms with E-state index in [2.05, 4.69) is 5.32 Å². The molecule has 6 nitrogen and oxygen atoms in total. The van der Waals surface area contributed by atoms with Crippen molar-refractivity contribution in [3.8, 4) is 0 Å².